The lowest BCUT2D eigenvalue weighted by Gasteiger charge is -2.22. The van der Waals surface area contributed by atoms with Crippen molar-refractivity contribution in [3.8, 4) is 5.75 Å². The standard InChI is InChI=1S/C17H18ClNO2/c1-13-4-3-5-14(10-13)12-19(17(20)11-18)15-6-8-16(21-2)9-7-15/h3-10H,11-12H2,1-2H3. The van der Waals surface area contributed by atoms with Gasteiger partial charge in [-0.15, -0.1) is 11.6 Å². The maximum Gasteiger partial charge on any atom is 0.242 e. The lowest BCUT2D eigenvalue weighted by atomic mass is 10.1. The van der Waals surface area contributed by atoms with E-state index in [0.717, 1.165) is 17.0 Å². The summed E-state index contributed by atoms with van der Waals surface area (Å²) in [5.41, 5.74) is 3.05. The number of hydrogen-bond acceptors (Lipinski definition) is 2. The number of halogens is 1. The predicted molar refractivity (Wildman–Crippen MR) is 86.1 cm³/mol. The summed E-state index contributed by atoms with van der Waals surface area (Å²) < 4.78 is 5.14. The fourth-order valence-corrected chi connectivity index (χ4v) is 2.30. The fraction of sp³-hybridized carbons (Fsp3) is 0.235. The van der Waals surface area contributed by atoms with E-state index in [2.05, 4.69) is 6.07 Å². The molecule has 0 radical (unpaired) electrons. The number of anilines is 1. The molecule has 0 atom stereocenters. The number of rotatable bonds is 5. The second-order valence-corrected chi connectivity index (χ2v) is 5.07. The lowest BCUT2D eigenvalue weighted by molar-refractivity contribution is -0.116. The Morgan fingerprint density at radius 2 is 1.90 bits per heavy atom. The molecule has 4 heteroatoms. The van der Waals surface area contributed by atoms with Gasteiger partial charge in [0.1, 0.15) is 11.6 Å². The first-order valence-corrected chi connectivity index (χ1v) is 7.23. The number of carbonyl (C=O) groups excluding carboxylic acids is 1. The maximum atomic E-state index is 12.1. The number of alkyl halides is 1. The fourth-order valence-electron chi connectivity index (χ4n) is 2.15. The van der Waals surface area contributed by atoms with Gasteiger partial charge >= 0.3 is 0 Å². The van der Waals surface area contributed by atoms with E-state index < -0.39 is 0 Å². The summed E-state index contributed by atoms with van der Waals surface area (Å²) in [6.07, 6.45) is 0. The predicted octanol–water partition coefficient (Wildman–Crippen LogP) is 3.78. The van der Waals surface area contributed by atoms with Gasteiger partial charge in [0.05, 0.1) is 13.7 Å². The molecule has 2 aromatic rings. The molecule has 3 nitrogen and oxygen atoms in total. The van der Waals surface area contributed by atoms with E-state index in [4.69, 9.17) is 16.3 Å². The molecule has 2 rings (SSSR count). The van der Waals surface area contributed by atoms with Gasteiger partial charge in [-0.25, -0.2) is 0 Å². The second-order valence-electron chi connectivity index (χ2n) is 4.80. The molecule has 0 spiro atoms. The quantitative estimate of drug-likeness (QED) is 0.787. The third-order valence-corrected chi connectivity index (χ3v) is 3.45. The van der Waals surface area contributed by atoms with E-state index in [1.165, 1.54) is 5.56 Å². The largest absolute Gasteiger partial charge is 0.497 e. The van der Waals surface area contributed by atoms with Gasteiger partial charge in [0.2, 0.25) is 5.91 Å². The van der Waals surface area contributed by atoms with E-state index in [1.54, 1.807) is 12.0 Å². The smallest absolute Gasteiger partial charge is 0.242 e. The van der Waals surface area contributed by atoms with Crippen molar-refractivity contribution in [3.05, 3.63) is 59.7 Å². The van der Waals surface area contributed by atoms with Crippen molar-refractivity contribution < 1.29 is 9.53 Å². The maximum absolute atomic E-state index is 12.1. The monoisotopic (exact) mass is 303 g/mol. The summed E-state index contributed by atoms with van der Waals surface area (Å²) in [4.78, 5) is 13.8. The first-order valence-electron chi connectivity index (χ1n) is 6.70. The van der Waals surface area contributed by atoms with Gasteiger partial charge in [0.15, 0.2) is 0 Å². The Balaban J connectivity index is 2.27. The van der Waals surface area contributed by atoms with Crippen molar-refractivity contribution in [2.75, 3.05) is 17.9 Å². The van der Waals surface area contributed by atoms with Crippen molar-refractivity contribution in [2.45, 2.75) is 13.5 Å². The highest BCUT2D eigenvalue weighted by Crippen LogP contribution is 2.22. The Bertz CT molecular complexity index is 610. The van der Waals surface area contributed by atoms with Crippen LogP contribution >= 0.6 is 11.6 Å². The van der Waals surface area contributed by atoms with Gasteiger partial charge in [0, 0.05) is 5.69 Å². The number of aryl methyl sites for hydroxylation is 1. The Kier molecular flexibility index (Phi) is 5.23. The molecule has 0 heterocycles. The van der Waals surface area contributed by atoms with Crippen LogP contribution in [0.1, 0.15) is 11.1 Å². The van der Waals surface area contributed by atoms with Crippen LogP contribution in [-0.2, 0) is 11.3 Å². The van der Waals surface area contributed by atoms with Gasteiger partial charge in [-0.2, -0.15) is 0 Å². The highest BCUT2D eigenvalue weighted by Gasteiger charge is 2.15. The second kappa shape index (κ2) is 7.14. The topological polar surface area (TPSA) is 29.5 Å². The minimum absolute atomic E-state index is 0.0438. The van der Waals surface area contributed by atoms with Crippen LogP contribution in [0.2, 0.25) is 0 Å². The van der Waals surface area contributed by atoms with Crippen LogP contribution in [0.4, 0.5) is 5.69 Å². The molecule has 110 valence electrons. The SMILES string of the molecule is COc1ccc(N(Cc2cccc(C)c2)C(=O)CCl)cc1. The van der Waals surface area contributed by atoms with Crippen molar-refractivity contribution in [1.29, 1.82) is 0 Å². The lowest BCUT2D eigenvalue weighted by Crippen LogP contribution is -2.31. The third-order valence-electron chi connectivity index (χ3n) is 3.22. The molecular weight excluding hydrogens is 286 g/mol. The molecule has 0 saturated heterocycles. The normalized spacial score (nSPS) is 10.2. The minimum Gasteiger partial charge on any atom is -0.497 e. The Hall–Kier alpha value is -2.00. The van der Waals surface area contributed by atoms with Gasteiger partial charge in [-0.1, -0.05) is 29.8 Å². The zero-order valence-corrected chi connectivity index (χ0v) is 12.9. The molecule has 1 amide bonds. The van der Waals surface area contributed by atoms with Crippen molar-refractivity contribution in [2.24, 2.45) is 0 Å². The molecule has 0 saturated carbocycles. The zero-order chi connectivity index (χ0) is 15.2. The van der Waals surface area contributed by atoms with Crippen LogP contribution in [-0.4, -0.2) is 18.9 Å². The summed E-state index contributed by atoms with van der Waals surface area (Å²) in [5, 5.41) is 0. The van der Waals surface area contributed by atoms with E-state index in [0.29, 0.717) is 6.54 Å². The van der Waals surface area contributed by atoms with Crippen molar-refractivity contribution in [1.82, 2.24) is 0 Å². The number of methoxy groups -OCH3 is 1. The summed E-state index contributed by atoms with van der Waals surface area (Å²) in [7, 11) is 1.61. The van der Waals surface area contributed by atoms with Gasteiger partial charge in [-0.05, 0) is 36.8 Å². The number of benzene rings is 2. The number of carbonyl (C=O) groups is 1. The van der Waals surface area contributed by atoms with Gasteiger partial charge in [-0.3, -0.25) is 4.79 Å². The van der Waals surface area contributed by atoms with Crippen molar-refractivity contribution >= 4 is 23.2 Å². The van der Waals surface area contributed by atoms with Crippen LogP contribution < -0.4 is 9.64 Å². The highest BCUT2D eigenvalue weighted by molar-refractivity contribution is 6.29. The molecule has 21 heavy (non-hydrogen) atoms. The first kappa shape index (κ1) is 15.4. The van der Waals surface area contributed by atoms with Gasteiger partial charge in [0.25, 0.3) is 0 Å². The average molecular weight is 304 g/mol. The highest BCUT2D eigenvalue weighted by atomic mass is 35.5. The van der Waals surface area contributed by atoms with Gasteiger partial charge < -0.3 is 9.64 Å². The minimum atomic E-state index is -0.122. The van der Waals surface area contributed by atoms with E-state index >= 15 is 0 Å². The Morgan fingerprint density at radius 1 is 1.19 bits per heavy atom. The molecule has 2 aromatic carbocycles. The van der Waals surface area contributed by atoms with Crippen LogP contribution in [0.3, 0.4) is 0 Å². The van der Waals surface area contributed by atoms with Crippen molar-refractivity contribution in [3.63, 3.8) is 0 Å². The van der Waals surface area contributed by atoms with Crippen LogP contribution in [0.5, 0.6) is 5.75 Å². The van der Waals surface area contributed by atoms with Crippen LogP contribution in [0, 0.1) is 6.92 Å². The van der Waals surface area contributed by atoms with Crippen LogP contribution in [0.25, 0.3) is 0 Å². The van der Waals surface area contributed by atoms with Crippen LogP contribution in [0.15, 0.2) is 48.5 Å². The average Bonchev–Trinajstić information content (AvgIpc) is 2.52. The molecular formula is C17H18ClNO2. The van der Waals surface area contributed by atoms with E-state index in [9.17, 15) is 4.79 Å². The molecule has 0 bridgehead atoms. The summed E-state index contributed by atoms with van der Waals surface area (Å²) in [5.74, 6) is 0.591. The molecule has 0 aliphatic heterocycles. The Morgan fingerprint density at radius 3 is 2.48 bits per heavy atom. The van der Waals surface area contributed by atoms with E-state index in [-0.39, 0.29) is 11.8 Å². The summed E-state index contributed by atoms with van der Waals surface area (Å²) in [6, 6.07) is 15.5. The van der Waals surface area contributed by atoms with E-state index in [1.807, 2.05) is 49.4 Å². The molecule has 0 unspecified atom stereocenters. The Labute approximate surface area is 130 Å². The molecule has 0 aliphatic rings. The number of amides is 1. The third kappa shape index (κ3) is 3.99. The molecule has 0 fully saturated rings. The zero-order valence-electron chi connectivity index (χ0n) is 12.2. The summed E-state index contributed by atoms with van der Waals surface area (Å²) >= 11 is 5.74. The molecule has 0 N–H and O–H groups in total. The number of hydrogen-bond donors (Lipinski definition) is 0. The molecule has 0 aliphatic carbocycles. The first-order chi connectivity index (χ1) is 10.1. The summed E-state index contributed by atoms with van der Waals surface area (Å²) in [6.45, 7) is 2.53. The number of nitrogens with zero attached hydrogens (tertiary/aromatic N) is 1. The molecule has 0 aromatic heterocycles. The number of ether oxygens (including phenoxy) is 1.